The highest BCUT2D eigenvalue weighted by atomic mass is 17.2. The average Bonchev–Trinajstić information content (AvgIpc) is 2.41. The summed E-state index contributed by atoms with van der Waals surface area (Å²) in [6.45, 7) is 8.79. The first-order valence-corrected chi connectivity index (χ1v) is 5.25. The van der Waals surface area contributed by atoms with E-state index in [1.807, 2.05) is 0 Å². The fraction of sp³-hybridized carbons (Fsp3) is 0.364. The van der Waals surface area contributed by atoms with Gasteiger partial charge in [-0.3, -0.25) is 9.78 Å². The molecule has 20 heavy (non-hydrogen) atoms. The summed E-state index contributed by atoms with van der Waals surface area (Å²) in [5.74, 6) is -1.72. The molecule has 0 N–H and O–H groups in total. The summed E-state index contributed by atoms with van der Waals surface area (Å²) in [6, 6.07) is 0. The highest BCUT2D eigenvalue weighted by Gasteiger charge is 2.18. The Hall–Kier alpha value is -2.39. The Morgan fingerprint density at radius 1 is 0.850 bits per heavy atom. The molecule has 0 aliphatic rings. The summed E-state index contributed by atoms with van der Waals surface area (Å²) in [5.41, 5.74) is 0. The van der Waals surface area contributed by atoms with E-state index in [1.165, 1.54) is 13.8 Å². The third kappa shape index (κ3) is 8.66. The number of carbonyl (C=O) groups excluding carboxylic acids is 3. The molecule has 0 radical (unpaired) electrons. The molecule has 0 heterocycles. The van der Waals surface area contributed by atoms with Gasteiger partial charge in [0.2, 0.25) is 12.6 Å². The van der Waals surface area contributed by atoms with Crippen LogP contribution in [-0.2, 0) is 38.6 Å². The van der Waals surface area contributed by atoms with Crippen LogP contribution in [-0.4, -0.2) is 30.7 Å². The van der Waals surface area contributed by atoms with Crippen molar-refractivity contribution in [3.8, 4) is 0 Å². The van der Waals surface area contributed by atoms with Gasteiger partial charge >= 0.3 is 18.1 Å². The van der Waals surface area contributed by atoms with Crippen molar-refractivity contribution in [3.63, 3.8) is 0 Å². The third-order valence-corrected chi connectivity index (χ3v) is 1.39. The van der Waals surface area contributed by atoms with E-state index in [2.05, 4.69) is 42.2 Å². The Labute approximate surface area is 114 Å². The molecular formula is C11H14O9. The summed E-state index contributed by atoms with van der Waals surface area (Å²) in [4.78, 5) is 49.5. The van der Waals surface area contributed by atoms with E-state index >= 15 is 0 Å². The number of carbonyl (C=O) groups is 3. The van der Waals surface area contributed by atoms with Gasteiger partial charge in [0.25, 0.3) is 0 Å². The molecule has 9 nitrogen and oxygen atoms in total. The Morgan fingerprint density at radius 3 is 1.50 bits per heavy atom. The number of ether oxygens (including phenoxy) is 2. The molecule has 2 atom stereocenters. The van der Waals surface area contributed by atoms with Gasteiger partial charge in [0, 0.05) is 26.0 Å². The van der Waals surface area contributed by atoms with E-state index in [0.717, 1.165) is 12.2 Å². The lowest BCUT2D eigenvalue weighted by Gasteiger charge is -2.14. The van der Waals surface area contributed by atoms with Gasteiger partial charge in [0.15, 0.2) is 0 Å². The fourth-order valence-corrected chi connectivity index (χ4v) is 0.636. The quantitative estimate of drug-likeness (QED) is 0.214. The molecule has 112 valence electrons. The van der Waals surface area contributed by atoms with Crippen molar-refractivity contribution in [1.29, 1.82) is 0 Å². The number of hydrogen-bond acceptors (Lipinski definition) is 9. The SMILES string of the molecule is C=CC(=O)OOC(C)OC(=O)OC(C)OOC(=O)C=C. The summed E-state index contributed by atoms with van der Waals surface area (Å²) in [7, 11) is 0. The molecule has 0 aromatic rings. The van der Waals surface area contributed by atoms with Crippen molar-refractivity contribution in [3.05, 3.63) is 25.3 Å². The summed E-state index contributed by atoms with van der Waals surface area (Å²) >= 11 is 0. The summed E-state index contributed by atoms with van der Waals surface area (Å²) in [6.07, 6.45) is -1.94. The molecule has 0 saturated heterocycles. The smallest absolute Gasteiger partial charge is 0.401 e. The minimum atomic E-state index is -1.23. The van der Waals surface area contributed by atoms with Gasteiger partial charge in [-0.25, -0.2) is 14.4 Å². The van der Waals surface area contributed by atoms with Gasteiger partial charge in [-0.2, -0.15) is 0 Å². The highest BCUT2D eigenvalue weighted by molar-refractivity contribution is 5.80. The molecule has 0 aromatic heterocycles. The van der Waals surface area contributed by atoms with Gasteiger partial charge in [-0.15, -0.1) is 9.78 Å². The zero-order valence-electron chi connectivity index (χ0n) is 10.9. The van der Waals surface area contributed by atoms with E-state index in [-0.39, 0.29) is 0 Å². The van der Waals surface area contributed by atoms with E-state index < -0.39 is 30.7 Å². The fourth-order valence-electron chi connectivity index (χ4n) is 0.636. The zero-order valence-corrected chi connectivity index (χ0v) is 10.9. The zero-order chi connectivity index (χ0) is 15.5. The highest BCUT2D eigenvalue weighted by Crippen LogP contribution is 2.02. The normalized spacial score (nSPS) is 12.5. The maximum absolute atomic E-state index is 11.2. The monoisotopic (exact) mass is 290 g/mol. The minimum Gasteiger partial charge on any atom is -0.401 e. The van der Waals surface area contributed by atoms with E-state index in [4.69, 9.17) is 0 Å². The standard InChI is InChI=1S/C11H14O9/c1-5-9(12)19-17-7(3)15-11(14)16-8(4)18-20-10(13)6-2/h5-8H,1-2H2,3-4H3. The summed E-state index contributed by atoms with van der Waals surface area (Å²) < 4.78 is 9.03. The van der Waals surface area contributed by atoms with E-state index in [0.29, 0.717) is 0 Å². The lowest BCUT2D eigenvalue weighted by atomic mass is 10.7. The second-order valence-corrected chi connectivity index (χ2v) is 3.03. The van der Waals surface area contributed by atoms with Crippen LogP contribution in [0.5, 0.6) is 0 Å². The minimum absolute atomic E-state index is 0.856. The van der Waals surface area contributed by atoms with E-state index in [1.54, 1.807) is 0 Å². The first kappa shape index (κ1) is 17.6. The predicted molar refractivity (Wildman–Crippen MR) is 61.2 cm³/mol. The van der Waals surface area contributed by atoms with Crippen LogP contribution in [0.15, 0.2) is 25.3 Å². The van der Waals surface area contributed by atoms with Gasteiger partial charge in [-0.1, -0.05) is 13.2 Å². The van der Waals surface area contributed by atoms with Gasteiger partial charge in [0.1, 0.15) is 0 Å². The second kappa shape index (κ2) is 9.53. The van der Waals surface area contributed by atoms with Crippen LogP contribution in [0.4, 0.5) is 4.79 Å². The molecule has 2 unspecified atom stereocenters. The maximum atomic E-state index is 11.2. The maximum Gasteiger partial charge on any atom is 0.513 e. The van der Waals surface area contributed by atoms with Crippen molar-refractivity contribution in [1.82, 2.24) is 0 Å². The van der Waals surface area contributed by atoms with Crippen LogP contribution in [0.1, 0.15) is 13.8 Å². The molecule has 0 fully saturated rings. The lowest BCUT2D eigenvalue weighted by Crippen LogP contribution is -2.25. The average molecular weight is 290 g/mol. The van der Waals surface area contributed by atoms with Crippen molar-refractivity contribution >= 4 is 18.1 Å². The van der Waals surface area contributed by atoms with E-state index in [9.17, 15) is 14.4 Å². The number of rotatable bonds is 8. The molecule has 0 rings (SSSR count). The Bertz CT molecular complexity index is 342. The van der Waals surface area contributed by atoms with Crippen LogP contribution < -0.4 is 0 Å². The van der Waals surface area contributed by atoms with Crippen LogP contribution in [0, 0.1) is 0 Å². The van der Waals surface area contributed by atoms with Crippen molar-refractivity contribution < 1.29 is 43.4 Å². The van der Waals surface area contributed by atoms with Gasteiger partial charge in [0.05, 0.1) is 0 Å². The number of hydrogen-bond donors (Lipinski definition) is 0. The van der Waals surface area contributed by atoms with Crippen molar-refractivity contribution in [2.75, 3.05) is 0 Å². The first-order chi connectivity index (χ1) is 9.38. The molecule has 0 aliphatic heterocycles. The Morgan fingerprint density at radius 2 is 1.20 bits per heavy atom. The molecule has 0 aromatic carbocycles. The molecule has 0 amide bonds. The molecule has 0 aliphatic carbocycles. The Kier molecular flexibility index (Phi) is 8.39. The van der Waals surface area contributed by atoms with Crippen LogP contribution in [0.25, 0.3) is 0 Å². The van der Waals surface area contributed by atoms with Crippen LogP contribution >= 0.6 is 0 Å². The van der Waals surface area contributed by atoms with Gasteiger partial charge in [-0.05, 0) is 0 Å². The third-order valence-electron chi connectivity index (χ3n) is 1.39. The van der Waals surface area contributed by atoms with Gasteiger partial charge < -0.3 is 9.47 Å². The molecule has 0 spiro atoms. The van der Waals surface area contributed by atoms with Crippen molar-refractivity contribution in [2.24, 2.45) is 0 Å². The van der Waals surface area contributed by atoms with Crippen LogP contribution in [0.2, 0.25) is 0 Å². The molecule has 0 saturated carbocycles. The van der Waals surface area contributed by atoms with Crippen molar-refractivity contribution in [2.45, 2.75) is 26.4 Å². The Balaban J connectivity index is 3.90. The molecule has 0 bridgehead atoms. The molecule has 9 heteroatoms. The lowest BCUT2D eigenvalue weighted by molar-refractivity contribution is -0.350. The molecular weight excluding hydrogens is 276 g/mol. The van der Waals surface area contributed by atoms with Crippen LogP contribution in [0.3, 0.4) is 0 Å². The first-order valence-electron chi connectivity index (χ1n) is 5.25. The second-order valence-electron chi connectivity index (χ2n) is 3.03. The predicted octanol–water partition coefficient (Wildman–Crippen LogP) is 1.15. The largest absolute Gasteiger partial charge is 0.513 e. The summed E-state index contributed by atoms with van der Waals surface area (Å²) in [5, 5.41) is 0. The topological polar surface area (TPSA) is 107 Å².